The lowest BCUT2D eigenvalue weighted by atomic mass is 10.0. The number of methoxy groups -OCH3 is 1. The van der Waals surface area contributed by atoms with Gasteiger partial charge in [-0.3, -0.25) is 9.59 Å². The van der Waals surface area contributed by atoms with Gasteiger partial charge in [-0.15, -0.1) is 0 Å². The summed E-state index contributed by atoms with van der Waals surface area (Å²) < 4.78 is 6.37. The summed E-state index contributed by atoms with van der Waals surface area (Å²) in [6, 6.07) is 23.1. The fourth-order valence-electron chi connectivity index (χ4n) is 3.30. The zero-order chi connectivity index (χ0) is 21.1. The summed E-state index contributed by atoms with van der Waals surface area (Å²) in [5.41, 5.74) is 3.40. The smallest absolute Gasteiger partial charge is 0.337 e. The van der Waals surface area contributed by atoms with Crippen molar-refractivity contribution in [3.05, 3.63) is 96.3 Å². The number of ketones is 1. The van der Waals surface area contributed by atoms with E-state index in [4.69, 9.17) is 0 Å². The number of aromatic nitrogens is 1. The molecule has 148 valence electrons. The van der Waals surface area contributed by atoms with Crippen LogP contribution in [0.1, 0.15) is 20.8 Å². The molecule has 4 rings (SSSR count). The normalized spacial score (nSPS) is 10.6. The Morgan fingerprint density at radius 3 is 2.27 bits per heavy atom. The van der Waals surface area contributed by atoms with E-state index in [1.807, 2.05) is 54.6 Å². The van der Waals surface area contributed by atoms with Gasteiger partial charge >= 0.3 is 5.97 Å². The predicted molar refractivity (Wildman–Crippen MR) is 114 cm³/mol. The Morgan fingerprint density at radius 2 is 1.57 bits per heavy atom. The van der Waals surface area contributed by atoms with E-state index >= 15 is 0 Å². The average Bonchev–Trinajstić information content (AvgIpc) is 3.18. The molecule has 0 aliphatic rings. The second-order valence-electron chi connectivity index (χ2n) is 6.62. The summed E-state index contributed by atoms with van der Waals surface area (Å²) in [4.78, 5) is 37.4. The zero-order valence-electron chi connectivity index (χ0n) is 16.2. The highest BCUT2D eigenvalue weighted by atomic mass is 16.5. The number of ether oxygens (including phenoxy) is 1. The molecule has 0 aliphatic carbocycles. The minimum absolute atomic E-state index is 0.292. The molecular formula is C24H18N2O4. The van der Waals surface area contributed by atoms with Crippen molar-refractivity contribution >= 4 is 28.9 Å². The van der Waals surface area contributed by atoms with Crippen molar-refractivity contribution in [2.24, 2.45) is 0 Å². The van der Waals surface area contributed by atoms with Crippen LogP contribution in [0, 0.1) is 0 Å². The summed E-state index contributed by atoms with van der Waals surface area (Å²) in [5.74, 6) is -1.89. The molecule has 0 atom stereocenters. The Balaban J connectivity index is 1.67. The van der Waals surface area contributed by atoms with E-state index in [1.54, 1.807) is 22.7 Å². The topological polar surface area (TPSA) is 76.9 Å². The lowest BCUT2D eigenvalue weighted by Crippen LogP contribution is -2.24. The van der Waals surface area contributed by atoms with Crippen LogP contribution in [0.3, 0.4) is 0 Å². The molecule has 2 heterocycles. The number of esters is 1. The first kappa shape index (κ1) is 19.1. The Morgan fingerprint density at radius 1 is 0.867 bits per heavy atom. The van der Waals surface area contributed by atoms with Gasteiger partial charge in [-0.2, -0.15) is 0 Å². The number of fused-ring (bicyclic) bond motifs is 1. The number of benzene rings is 2. The first-order chi connectivity index (χ1) is 14.6. The number of carbonyl (C=O) groups is 3. The number of Topliss-reactive ketones (excluding diaryl/α,β-unsaturated/α-hetero) is 1. The van der Waals surface area contributed by atoms with Crippen LogP contribution in [0.2, 0.25) is 0 Å². The molecule has 2 aromatic heterocycles. The SMILES string of the molecule is COC(=O)c1ccc(NC(=O)C(=O)c2c(-c3ccccc3)cc3ccccn23)cc1. The van der Waals surface area contributed by atoms with Gasteiger partial charge in [0.05, 0.1) is 12.7 Å². The first-order valence-corrected chi connectivity index (χ1v) is 9.28. The first-order valence-electron chi connectivity index (χ1n) is 9.28. The van der Waals surface area contributed by atoms with Gasteiger partial charge in [0.1, 0.15) is 5.69 Å². The van der Waals surface area contributed by atoms with Gasteiger partial charge in [0.2, 0.25) is 0 Å². The summed E-state index contributed by atoms with van der Waals surface area (Å²) in [6.07, 6.45) is 1.76. The van der Waals surface area contributed by atoms with Crippen molar-refractivity contribution in [1.82, 2.24) is 4.40 Å². The molecule has 0 fully saturated rings. The molecule has 0 unspecified atom stereocenters. The fraction of sp³-hybridized carbons (Fsp3) is 0.0417. The van der Waals surface area contributed by atoms with E-state index < -0.39 is 17.7 Å². The second-order valence-corrected chi connectivity index (χ2v) is 6.62. The van der Waals surface area contributed by atoms with E-state index in [9.17, 15) is 14.4 Å². The maximum Gasteiger partial charge on any atom is 0.337 e. The van der Waals surface area contributed by atoms with Crippen LogP contribution >= 0.6 is 0 Å². The van der Waals surface area contributed by atoms with Crippen LogP contribution in [-0.2, 0) is 9.53 Å². The number of nitrogens with one attached hydrogen (secondary N) is 1. The second kappa shape index (κ2) is 8.05. The highest BCUT2D eigenvalue weighted by molar-refractivity contribution is 6.47. The maximum atomic E-state index is 13.1. The minimum atomic E-state index is -0.762. The molecule has 0 saturated carbocycles. The van der Waals surface area contributed by atoms with Crippen LogP contribution in [-0.4, -0.2) is 29.2 Å². The number of pyridine rings is 1. The quantitative estimate of drug-likeness (QED) is 0.310. The number of rotatable bonds is 5. The van der Waals surface area contributed by atoms with Gasteiger partial charge < -0.3 is 14.5 Å². The molecule has 0 aliphatic heterocycles. The third-order valence-corrected chi connectivity index (χ3v) is 4.75. The van der Waals surface area contributed by atoms with Gasteiger partial charge in [0.25, 0.3) is 11.7 Å². The van der Waals surface area contributed by atoms with Crippen molar-refractivity contribution in [1.29, 1.82) is 0 Å². The Kier molecular flexibility index (Phi) is 5.13. The van der Waals surface area contributed by atoms with Gasteiger partial charge in [0.15, 0.2) is 0 Å². The summed E-state index contributed by atoms with van der Waals surface area (Å²) in [6.45, 7) is 0. The number of amides is 1. The van der Waals surface area contributed by atoms with E-state index in [1.165, 1.54) is 19.2 Å². The molecule has 1 N–H and O–H groups in total. The average molecular weight is 398 g/mol. The van der Waals surface area contributed by atoms with E-state index in [-0.39, 0.29) is 0 Å². The van der Waals surface area contributed by atoms with Crippen LogP contribution in [0.4, 0.5) is 5.69 Å². The summed E-state index contributed by atoms with van der Waals surface area (Å²) in [7, 11) is 1.29. The van der Waals surface area contributed by atoms with Crippen molar-refractivity contribution in [3.63, 3.8) is 0 Å². The van der Waals surface area contributed by atoms with Gasteiger partial charge in [-0.1, -0.05) is 36.4 Å². The lowest BCUT2D eigenvalue weighted by Gasteiger charge is -2.08. The van der Waals surface area contributed by atoms with Gasteiger partial charge in [0, 0.05) is 23.0 Å². The molecule has 0 radical (unpaired) electrons. The number of nitrogens with zero attached hydrogens (tertiary/aromatic N) is 1. The van der Waals surface area contributed by atoms with Gasteiger partial charge in [-0.25, -0.2) is 4.79 Å². The third-order valence-electron chi connectivity index (χ3n) is 4.75. The number of carbonyl (C=O) groups excluding carboxylic acids is 3. The number of hydrogen-bond acceptors (Lipinski definition) is 4. The van der Waals surface area contributed by atoms with Crippen molar-refractivity contribution < 1.29 is 19.1 Å². The zero-order valence-corrected chi connectivity index (χ0v) is 16.2. The minimum Gasteiger partial charge on any atom is -0.465 e. The molecule has 30 heavy (non-hydrogen) atoms. The molecular weight excluding hydrogens is 380 g/mol. The molecule has 2 aromatic carbocycles. The maximum absolute atomic E-state index is 13.1. The monoisotopic (exact) mass is 398 g/mol. The number of hydrogen-bond donors (Lipinski definition) is 1. The Hall–Kier alpha value is -4.19. The van der Waals surface area contributed by atoms with Crippen molar-refractivity contribution in [2.75, 3.05) is 12.4 Å². The molecule has 6 nitrogen and oxygen atoms in total. The largest absolute Gasteiger partial charge is 0.465 e. The van der Waals surface area contributed by atoms with Crippen LogP contribution in [0.5, 0.6) is 0 Å². The predicted octanol–water partition coefficient (Wildman–Crippen LogP) is 4.21. The summed E-state index contributed by atoms with van der Waals surface area (Å²) >= 11 is 0. The number of anilines is 1. The van der Waals surface area contributed by atoms with Crippen LogP contribution in [0.15, 0.2) is 85.1 Å². The molecule has 4 aromatic rings. The Bertz CT molecular complexity index is 1240. The van der Waals surface area contributed by atoms with E-state index in [2.05, 4.69) is 10.1 Å². The van der Waals surface area contributed by atoms with Crippen LogP contribution < -0.4 is 5.32 Å². The molecule has 1 amide bonds. The fourth-order valence-corrected chi connectivity index (χ4v) is 3.30. The Labute approximate surface area is 172 Å². The molecule has 0 spiro atoms. The third kappa shape index (κ3) is 3.58. The highest BCUT2D eigenvalue weighted by Crippen LogP contribution is 2.28. The lowest BCUT2D eigenvalue weighted by molar-refractivity contribution is -0.112. The van der Waals surface area contributed by atoms with Crippen molar-refractivity contribution in [2.45, 2.75) is 0 Å². The highest BCUT2D eigenvalue weighted by Gasteiger charge is 2.24. The molecule has 6 heteroatoms. The van der Waals surface area contributed by atoms with Gasteiger partial charge in [-0.05, 0) is 48.0 Å². The summed E-state index contributed by atoms with van der Waals surface area (Å²) in [5, 5.41) is 2.60. The molecule has 0 bridgehead atoms. The van der Waals surface area contributed by atoms with E-state index in [0.29, 0.717) is 22.5 Å². The van der Waals surface area contributed by atoms with Crippen LogP contribution in [0.25, 0.3) is 16.6 Å². The van der Waals surface area contributed by atoms with Crippen molar-refractivity contribution in [3.8, 4) is 11.1 Å². The standard InChI is InChI=1S/C24H18N2O4/c1-30-24(29)17-10-12-18(13-11-17)25-23(28)22(27)21-20(16-7-3-2-4-8-16)15-19-9-5-6-14-26(19)21/h2-15H,1H3,(H,25,28). The molecule has 0 saturated heterocycles. The van der Waals surface area contributed by atoms with E-state index in [0.717, 1.165) is 11.1 Å².